The maximum absolute atomic E-state index is 13.3. The molecule has 0 unspecified atom stereocenters. The number of hydrazone groups is 1. The van der Waals surface area contributed by atoms with E-state index in [1.807, 2.05) is 6.07 Å². The van der Waals surface area contributed by atoms with E-state index in [4.69, 9.17) is 10.00 Å². The van der Waals surface area contributed by atoms with Gasteiger partial charge in [0.2, 0.25) is 0 Å². The van der Waals surface area contributed by atoms with Crippen LogP contribution < -0.4 is 5.43 Å². The van der Waals surface area contributed by atoms with Crippen molar-refractivity contribution in [2.24, 2.45) is 5.10 Å². The summed E-state index contributed by atoms with van der Waals surface area (Å²) in [6, 6.07) is 8.05. The number of ether oxygens (including phenoxy) is 1. The predicted octanol–water partition coefficient (Wildman–Crippen LogP) is 1.75. The van der Waals surface area contributed by atoms with Gasteiger partial charge in [0.1, 0.15) is 5.82 Å². The lowest BCUT2D eigenvalue weighted by Gasteiger charge is -2.05. The van der Waals surface area contributed by atoms with E-state index in [-0.39, 0.29) is 31.1 Å². The molecule has 1 N–H and O–H groups in total. The predicted molar refractivity (Wildman–Crippen MR) is 67.5 cm³/mol. The van der Waals surface area contributed by atoms with Crippen molar-refractivity contribution in [3.8, 4) is 6.07 Å². The highest BCUT2D eigenvalue weighted by molar-refractivity contribution is 6.36. The van der Waals surface area contributed by atoms with Crippen molar-refractivity contribution in [1.29, 1.82) is 5.26 Å². The lowest BCUT2D eigenvalue weighted by Crippen LogP contribution is -2.21. The Bertz CT molecular complexity index is 509. The number of carbonyl (C=O) groups is 1. The third kappa shape index (κ3) is 4.76. The van der Waals surface area contributed by atoms with Gasteiger partial charge in [-0.05, 0) is 13.0 Å². The lowest BCUT2D eigenvalue weighted by atomic mass is 10.2. The van der Waals surface area contributed by atoms with Gasteiger partial charge in [-0.2, -0.15) is 10.4 Å². The molecule has 0 saturated carbocycles. The van der Waals surface area contributed by atoms with Gasteiger partial charge in [-0.25, -0.2) is 9.18 Å². The Morgan fingerprint density at radius 1 is 1.53 bits per heavy atom. The summed E-state index contributed by atoms with van der Waals surface area (Å²) in [5.41, 5.74) is 2.96. The first kappa shape index (κ1) is 14.6. The highest BCUT2D eigenvalue weighted by atomic mass is 19.1. The van der Waals surface area contributed by atoms with Crippen LogP contribution in [0.25, 0.3) is 0 Å². The van der Waals surface area contributed by atoms with Crippen molar-refractivity contribution in [1.82, 2.24) is 5.43 Å². The Balaban J connectivity index is 2.64. The summed E-state index contributed by atoms with van der Waals surface area (Å²) in [6.07, 6.45) is -0.164. The zero-order valence-corrected chi connectivity index (χ0v) is 10.5. The molecule has 5 nitrogen and oxygen atoms in total. The molecule has 0 bridgehead atoms. The van der Waals surface area contributed by atoms with E-state index in [1.165, 1.54) is 6.07 Å². The Labute approximate surface area is 110 Å². The van der Waals surface area contributed by atoms with Gasteiger partial charge in [0.15, 0.2) is 5.71 Å². The number of nitriles is 1. The summed E-state index contributed by atoms with van der Waals surface area (Å²) in [7, 11) is 0. The molecular formula is C13H14FN3O2. The van der Waals surface area contributed by atoms with Crippen molar-refractivity contribution in [3.63, 3.8) is 0 Å². The van der Waals surface area contributed by atoms with Crippen LogP contribution in [-0.2, 0) is 16.1 Å². The SMILES string of the molecule is CCOC(=O)/C(CC#N)=N/NCc1ccccc1F. The molecule has 19 heavy (non-hydrogen) atoms. The molecule has 0 aliphatic heterocycles. The smallest absolute Gasteiger partial charge is 0.355 e. The molecular weight excluding hydrogens is 249 g/mol. The van der Waals surface area contributed by atoms with Gasteiger partial charge in [-0.1, -0.05) is 18.2 Å². The third-order valence-corrected chi connectivity index (χ3v) is 2.20. The van der Waals surface area contributed by atoms with Crippen LogP contribution in [0.15, 0.2) is 29.4 Å². The normalized spacial score (nSPS) is 10.7. The molecule has 0 aromatic heterocycles. The van der Waals surface area contributed by atoms with Crippen LogP contribution in [0.2, 0.25) is 0 Å². The molecule has 6 heteroatoms. The van der Waals surface area contributed by atoms with E-state index in [2.05, 4.69) is 10.5 Å². The van der Waals surface area contributed by atoms with Crippen molar-refractivity contribution >= 4 is 11.7 Å². The molecule has 1 aromatic carbocycles. The topological polar surface area (TPSA) is 74.5 Å². The molecule has 0 atom stereocenters. The summed E-state index contributed by atoms with van der Waals surface area (Å²) in [4.78, 5) is 11.4. The average molecular weight is 263 g/mol. The Hall–Kier alpha value is -2.42. The first-order valence-corrected chi connectivity index (χ1v) is 5.76. The summed E-state index contributed by atoms with van der Waals surface area (Å²) in [6.45, 7) is 1.99. The Morgan fingerprint density at radius 2 is 2.26 bits per heavy atom. The minimum absolute atomic E-state index is 0.0271. The van der Waals surface area contributed by atoms with Gasteiger partial charge in [-0.3, -0.25) is 0 Å². The molecule has 0 fully saturated rings. The number of carbonyl (C=O) groups excluding carboxylic acids is 1. The Kier molecular flexibility index (Phi) is 6.03. The minimum Gasteiger partial charge on any atom is -0.461 e. The number of nitrogens with one attached hydrogen (secondary N) is 1. The van der Waals surface area contributed by atoms with Crippen molar-refractivity contribution in [2.45, 2.75) is 19.9 Å². The van der Waals surface area contributed by atoms with Gasteiger partial charge < -0.3 is 10.2 Å². The molecule has 0 heterocycles. The minimum atomic E-state index is -0.648. The van der Waals surface area contributed by atoms with Gasteiger partial charge >= 0.3 is 5.97 Å². The summed E-state index contributed by atoms with van der Waals surface area (Å²) in [5.74, 6) is -1.01. The average Bonchev–Trinajstić information content (AvgIpc) is 2.40. The fraction of sp³-hybridized carbons (Fsp3) is 0.308. The van der Waals surface area contributed by atoms with Crippen molar-refractivity contribution in [3.05, 3.63) is 35.6 Å². The summed E-state index contributed by atoms with van der Waals surface area (Å²) < 4.78 is 18.1. The fourth-order valence-electron chi connectivity index (χ4n) is 1.31. The van der Waals surface area contributed by atoms with E-state index in [0.717, 1.165) is 0 Å². The van der Waals surface area contributed by atoms with Gasteiger partial charge in [-0.15, -0.1) is 0 Å². The molecule has 0 aliphatic rings. The van der Waals surface area contributed by atoms with E-state index in [0.29, 0.717) is 5.56 Å². The quantitative estimate of drug-likeness (QED) is 0.482. The molecule has 1 aromatic rings. The first-order chi connectivity index (χ1) is 9.19. The first-order valence-electron chi connectivity index (χ1n) is 5.76. The number of benzene rings is 1. The second-order valence-corrected chi connectivity index (χ2v) is 3.54. The highest BCUT2D eigenvalue weighted by Gasteiger charge is 2.12. The maximum Gasteiger partial charge on any atom is 0.355 e. The summed E-state index contributed by atoms with van der Waals surface area (Å²) >= 11 is 0. The number of hydrogen-bond donors (Lipinski definition) is 1. The van der Waals surface area contributed by atoms with Crippen molar-refractivity contribution in [2.75, 3.05) is 6.61 Å². The Morgan fingerprint density at radius 3 is 2.89 bits per heavy atom. The lowest BCUT2D eigenvalue weighted by molar-refractivity contribution is -0.135. The van der Waals surface area contributed by atoms with E-state index in [1.54, 1.807) is 25.1 Å². The highest BCUT2D eigenvalue weighted by Crippen LogP contribution is 2.05. The number of esters is 1. The number of rotatable bonds is 6. The van der Waals surface area contributed by atoms with Crippen LogP contribution in [0, 0.1) is 17.1 Å². The molecule has 1 rings (SSSR count). The van der Waals surface area contributed by atoms with Gasteiger partial charge in [0.05, 0.1) is 25.6 Å². The van der Waals surface area contributed by atoms with Gasteiger partial charge in [0.25, 0.3) is 0 Å². The van der Waals surface area contributed by atoms with Crippen LogP contribution >= 0.6 is 0 Å². The molecule has 0 radical (unpaired) electrons. The maximum atomic E-state index is 13.3. The van der Waals surface area contributed by atoms with Crippen molar-refractivity contribution < 1.29 is 13.9 Å². The number of halogens is 1. The second kappa shape index (κ2) is 7.82. The zero-order valence-electron chi connectivity index (χ0n) is 10.5. The molecule has 0 spiro atoms. The van der Waals surface area contributed by atoms with E-state index in [9.17, 15) is 9.18 Å². The van der Waals surface area contributed by atoms with Crippen LogP contribution in [-0.4, -0.2) is 18.3 Å². The van der Waals surface area contributed by atoms with E-state index < -0.39 is 5.97 Å². The van der Waals surface area contributed by atoms with Crippen LogP contribution in [0.1, 0.15) is 18.9 Å². The summed E-state index contributed by atoms with van der Waals surface area (Å²) in [5, 5.41) is 12.4. The van der Waals surface area contributed by atoms with Crippen LogP contribution in [0.4, 0.5) is 4.39 Å². The number of nitrogens with zero attached hydrogens (tertiary/aromatic N) is 2. The largest absolute Gasteiger partial charge is 0.461 e. The molecule has 0 aliphatic carbocycles. The van der Waals surface area contributed by atoms with Crippen LogP contribution in [0.5, 0.6) is 0 Å². The standard InChI is InChI=1S/C13H14FN3O2/c1-2-19-13(18)12(7-8-15)17-16-9-10-5-3-4-6-11(10)14/h3-6,16H,2,7,9H2,1H3/b17-12+. The van der Waals surface area contributed by atoms with Gasteiger partial charge in [0, 0.05) is 5.56 Å². The molecule has 100 valence electrons. The third-order valence-electron chi connectivity index (χ3n) is 2.20. The monoisotopic (exact) mass is 263 g/mol. The van der Waals surface area contributed by atoms with E-state index >= 15 is 0 Å². The second-order valence-electron chi connectivity index (χ2n) is 3.54. The fourth-order valence-corrected chi connectivity index (χ4v) is 1.31. The zero-order chi connectivity index (χ0) is 14.1. The van der Waals surface area contributed by atoms with Crippen LogP contribution in [0.3, 0.4) is 0 Å². The number of hydrogen-bond acceptors (Lipinski definition) is 5. The molecule has 0 amide bonds. The molecule has 0 saturated heterocycles.